The molecule has 0 aromatic heterocycles. The van der Waals surface area contributed by atoms with Crippen LogP contribution in [0.2, 0.25) is 0 Å². The van der Waals surface area contributed by atoms with E-state index in [0.29, 0.717) is 6.61 Å². The van der Waals surface area contributed by atoms with Gasteiger partial charge < -0.3 is 17.1 Å². The van der Waals surface area contributed by atoms with Crippen molar-refractivity contribution < 1.29 is 17.1 Å². The second-order valence-corrected chi connectivity index (χ2v) is 11.8. The molecule has 0 aliphatic carbocycles. The van der Waals surface area contributed by atoms with E-state index in [-0.39, 0.29) is 18.3 Å². The van der Waals surface area contributed by atoms with Crippen LogP contribution in [-0.4, -0.2) is 0 Å². The van der Waals surface area contributed by atoms with Crippen molar-refractivity contribution in [2.24, 2.45) is 0 Å². The van der Waals surface area contributed by atoms with Gasteiger partial charge in [0.05, 0.1) is 6.61 Å². The molecule has 0 radical (unpaired) electrons. The second kappa shape index (κ2) is 12.0. The molecule has 5 aromatic carbocycles. The van der Waals surface area contributed by atoms with Gasteiger partial charge in [-0.15, -0.1) is 0 Å². The minimum Gasteiger partial charge on any atom is -1.00 e. The van der Waals surface area contributed by atoms with Crippen LogP contribution in [0.15, 0.2) is 152 Å². The highest BCUT2D eigenvalue weighted by Crippen LogP contribution is 2.67. The molecular formula is C32H28ClOP. The minimum atomic E-state index is -2.24. The summed E-state index contributed by atoms with van der Waals surface area (Å²) in [6.07, 6.45) is 0. The Hall–Kier alpha value is -3.22. The Morgan fingerprint density at radius 1 is 0.457 bits per heavy atom. The van der Waals surface area contributed by atoms with E-state index >= 15 is 0 Å². The Balaban J connectivity index is 0.00000289. The summed E-state index contributed by atoms with van der Waals surface area (Å²) in [4.78, 5) is 0. The topological polar surface area (TPSA) is 9.23 Å². The van der Waals surface area contributed by atoms with Gasteiger partial charge in [-0.3, -0.25) is 0 Å². The molecule has 0 saturated carbocycles. The van der Waals surface area contributed by atoms with Crippen LogP contribution in [0.5, 0.6) is 0 Å². The standard InChI is InChI=1S/C32H28OP.ClH/c1-6-16-27(17-7-1)26-33-32(28-18-8-2-9-19-28)34(29-20-10-3-11-21-29,30-22-12-4-13-23-30)31-24-14-5-15-25-31;/h1-25,32H,26H2;1H/q+1;/p-1. The van der Waals surface area contributed by atoms with E-state index in [1.54, 1.807) is 0 Å². The highest BCUT2D eigenvalue weighted by Gasteiger charge is 2.54. The first-order valence-corrected chi connectivity index (χ1v) is 13.5. The van der Waals surface area contributed by atoms with E-state index in [1.165, 1.54) is 27.0 Å². The number of ether oxygens (including phenoxy) is 1. The highest BCUT2D eigenvalue weighted by molar-refractivity contribution is 7.95. The van der Waals surface area contributed by atoms with Crippen molar-refractivity contribution in [3.63, 3.8) is 0 Å². The Labute approximate surface area is 215 Å². The van der Waals surface area contributed by atoms with Crippen LogP contribution < -0.4 is 28.3 Å². The predicted molar refractivity (Wildman–Crippen MR) is 146 cm³/mol. The molecule has 3 heteroatoms. The van der Waals surface area contributed by atoms with E-state index < -0.39 is 7.26 Å². The van der Waals surface area contributed by atoms with E-state index in [4.69, 9.17) is 4.74 Å². The van der Waals surface area contributed by atoms with Crippen LogP contribution >= 0.6 is 7.26 Å². The lowest BCUT2D eigenvalue weighted by atomic mass is 10.2. The van der Waals surface area contributed by atoms with Crippen LogP contribution in [0, 0.1) is 0 Å². The molecule has 174 valence electrons. The molecule has 0 heterocycles. The number of hydrogen-bond acceptors (Lipinski definition) is 1. The van der Waals surface area contributed by atoms with Crippen molar-refractivity contribution in [3.05, 3.63) is 163 Å². The fourth-order valence-electron chi connectivity index (χ4n) is 4.64. The predicted octanol–water partition coefficient (Wildman–Crippen LogP) is 3.90. The van der Waals surface area contributed by atoms with Crippen LogP contribution in [0.3, 0.4) is 0 Å². The molecular weight excluding hydrogens is 467 g/mol. The third-order valence-corrected chi connectivity index (χ3v) is 10.7. The first kappa shape index (κ1) is 24.9. The third-order valence-electron chi connectivity index (χ3n) is 6.18. The van der Waals surface area contributed by atoms with E-state index in [0.717, 1.165) is 0 Å². The molecule has 0 spiro atoms. The number of halogens is 1. The van der Waals surface area contributed by atoms with Crippen LogP contribution in [0.1, 0.15) is 17.0 Å². The first-order valence-electron chi connectivity index (χ1n) is 11.6. The van der Waals surface area contributed by atoms with Crippen molar-refractivity contribution in [2.75, 3.05) is 0 Å². The van der Waals surface area contributed by atoms with E-state index in [1.807, 2.05) is 6.07 Å². The summed E-state index contributed by atoms with van der Waals surface area (Å²) < 4.78 is 6.99. The van der Waals surface area contributed by atoms with Crippen molar-refractivity contribution >= 4 is 23.2 Å². The molecule has 5 aromatic rings. The normalized spacial score (nSPS) is 11.9. The van der Waals surface area contributed by atoms with Gasteiger partial charge in [-0.05, 0) is 42.0 Å². The fourth-order valence-corrected chi connectivity index (χ4v) is 9.19. The lowest BCUT2D eigenvalue weighted by molar-refractivity contribution is -0.00000703. The van der Waals surface area contributed by atoms with E-state index in [9.17, 15) is 0 Å². The molecule has 1 unspecified atom stereocenters. The van der Waals surface area contributed by atoms with Crippen LogP contribution in [0.25, 0.3) is 0 Å². The maximum atomic E-state index is 6.99. The summed E-state index contributed by atoms with van der Waals surface area (Å²) in [6, 6.07) is 54.0. The quantitative estimate of drug-likeness (QED) is 0.297. The third kappa shape index (κ3) is 5.24. The summed E-state index contributed by atoms with van der Waals surface area (Å²) in [5.74, 6) is -0.138. The molecule has 1 nitrogen and oxygen atoms in total. The highest BCUT2D eigenvalue weighted by atomic mass is 35.5. The Bertz CT molecular complexity index is 1180. The van der Waals surface area contributed by atoms with Gasteiger partial charge in [-0.1, -0.05) is 115 Å². The average molecular weight is 495 g/mol. The number of hydrogen-bond donors (Lipinski definition) is 0. The first-order chi connectivity index (χ1) is 16.9. The van der Waals surface area contributed by atoms with Crippen molar-refractivity contribution in [1.82, 2.24) is 0 Å². The maximum Gasteiger partial charge on any atom is 0.207 e. The van der Waals surface area contributed by atoms with Gasteiger partial charge in [0.2, 0.25) is 5.85 Å². The summed E-state index contributed by atoms with van der Waals surface area (Å²) in [5, 5.41) is 3.94. The van der Waals surface area contributed by atoms with Gasteiger partial charge >= 0.3 is 0 Å². The van der Waals surface area contributed by atoms with E-state index in [2.05, 4.69) is 146 Å². The summed E-state index contributed by atoms with van der Waals surface area (Å²) in [5.41, 5.74) is 2.37. The summed E-state index contributed by atoms with van der Waals surface area (Å²) >= 11 is 0. The Morgan fingerprint density at radius 3 is 1.20 bits per heavy atom. The fraction of sp³-hybridized carbons (Fsp3) is 0.0625. The van der Waals surface area contributed by atoms with Gasteiger partial charge in [-0.2, -0.15) is 0 Å². The Morgan fingerprint density at radius 2 is 0.800 bits per heavy atom. The Kier molecular flexibility index (Phi) is 8.50. The van der Waals surface area contributed by atoms with Crippen molar-refractivity contribution in [1.29, 1.82) is 0 Å². The smallest absolute Gasteiger partial charge is 0.207 e. The van der Waals surface area contributed by atoms with Crippen molar-refractivity contribution in [3.8, 4) is 0 Å². The molecule has 0 fully saturated rings. The average Bonchev–Trinajstić information content (AvgIpc) is 2.94. The molecule has 5 rings (SSSR count). The molecule has 1 atom stereocenters. The SMILES string of the molecule is [Cl-].c1ccc(COC(c2ccccc2)[P+](c2ccccc2)(c2ccccc2)c2ccccc2)cc1. The lowest BCUT2D eigenvalue weighted by Crippen LogP contribution is -3.00. The van der Waals surface area contributed by atoms with Gasteiger partial charge in [0.1, 0.15) is 23.2 Å². The van der Waals surface area contributed by atoms with Gasteiger partial charge in [0.15, 0.2) is 0 Å². The molecule has 0 bridgehead atoms. The van der Waals surface area contributed by atoms with Crippen LogP contribution in [0.4, 0.5) is 0 Å². The minimum absolute atomic E-state index is 0. The molecule has 0 aliphatic rings. The number of rotatable bonds is 8. The van der Waals surface area contributed by atoms with Gasteiger partial charge in [-0.25, -0.2) is 0 Å². The largest absolute Gasteiger partial charge is 1.00 e. The zero-order valence-corrected chi connectivity index (χ0v) is 21.1. The molecule has 0 N–H and O–H groups in total. The zero-order valence-electron chi connectivity index (χ0n) is 19.5. The summed E-state index contributed by atoms with van der Waals surface area (Å²) in [7, 11) is -2.24. The lowest BCUT2D eigenvalue weighted by Gasteiger charge is -2.34. The molecule has 0 aliphatic heterocycles. The number of benzene rings is 5. The van der Waals surface area contributed by atoms with Crippen molar-refractivity contribution in [2.45, 2.75) is 12.5 Å². The van der Waals surface area contributed by atoms with Crippen LogP contribution in [-0.2, 0) is 11.3 Å². The molecule has 35 heavy (non-hydrogen) atoms. The molecule has 0 amide bonds. The second-order valence-electron chi connectivity index (χ2n) is 8.29. The maximum absolute atomic E-state index is 6.99. The molecule has 0 saturated heterocycles. The van der Waals surface area contributed by atoms with Gasteiger partial charge in [0, 0.05) is 5.56 Å². The summed E-state index contributed by atoms with van der Waals surface area (Å²) in [6.45, 7) is 0.550. The zero-order chi connectivity index (χ0) is 23.1. The monoisotopic (exact) mass is 494 g/mol. The van der Waals surface area contributed by atoms with Gasteiger partial charge in [0.25, 0.3) is 0 Å².